The summed E-state index contributed by atoms with van der Waals surface area (Å²) in [6.45, 7) is 11.8. The molecule has 2 rings (SSSR count). The van der Waals surface area contributed by atoms with Gasteiger partial charge in [0, 0.05) is 12.6 Å². The molecular weight excluding hydrogens is 518 g/mol. The van der Waals surface area contributed by atoms with E-state index in [0.29, 0.717) is 18.5 Å². The molecule has 3 atom stereocenters. The van der Waals surface area contributed by atoms with Crippen molar-refractivity contribution in [3.63, 3.8) is 0 Å². The Morgan fingerprint density at radius 1 is 1.02 bits per heavy atom. The van der Waals surface area contributed by atoms with Crippen molar-refractivity contribution in [3.8, 4) is 5.75 Å². The second kappa shape index (κ2) is 17.2. The molecule has 1 fully saturated rings. The minimum Gasteiger partial charge on any atom is -0.508 e. The maximum absolute atomic E-state index is 14.4. The molecular formula is C33H55N3O5. The van der Waals surface area contributed by atoms with Crippen LogP contribution >= 0.6 is 0 Å². The highest BCUT2D eigenvalue weighted by atomic mass is 16.6. The van der Waals surface area contributed by atoms with Crippen LogP contribution < -0.4 is 10.6 Å². The van der Waals surface area contributed by atoms with Gasteiger partial charge < -0.3 is 25.4 Å². The molecule has 1 aliphatic rings. The van der Waals surface area contributed by atoms with Crippen molar-refractivity contribution in [1.82, 2.24) is 15.5 Å². The predicted octanol–water partition coefficient (Wildman–Crippen LogP) is 7.01. The second-order valence-electron chi connectivity index (χ2n) is 12.6. The minimum absolute atomic E-state index is 0.0373. The van der Waals surface area contributed by atoms with Crippen molar-refractivity contribution in [2.75, 3.05) is 6.54 Å². The third-order valence-corrected chi connectivity index (χ3v) is 7.88. The first kappa shape index (κ1) is 34.4. The van der Waals surface area contributed by atoms with E-state index >= 15 is 0 Å². The van der Waals surface area contributed by atoms with Gasteiger partial charge in [-0.2, -0.15) is 0 Å². The van der Waals surface area contributed by atoms with E-state index in [9.17, 15) is 19.5 Å². The first-order chi connectivity index (χ1) is 19.5. The summed E-state index contributed by atoms with van der Waals surface area (Å²) in [7, 11) is 0. The van der Waals surface area contributed by atoms with E-state index in [2.05, 4.69) is 17.6 Å². The number of phenolic OH excluding ortho intramolecular Hbond substituents is 1. The third-order valence-electron chi connectivity index (χ3n) is 7.88. The van der Waals surface area contributed by atoms with Crippen molar-refractivity contribution < 1.29 is 24.2 Å². The van der Waals surface area contributed by atoms with Gasteiger partial charge in [0.2, 0.25) is 11.8 Å². The van der Waals surface area contributed by atoms with Crippen molar-refractivity contribution in [3.05, 3.63) is 29.8 Å². The molecule has 3 N–H and O–H groups in total. The summed E-state index contributed by atoms with van der Waals surface area (Å²) < 4.78 is 5.50. The van der Waals surface area contributed by atoms with Crippen molar-refractivity contribution in [2.24, 2.45) is 5.92 Å². The van der Waals surface area contributed by atoms with Crippen molar-refractivity contribution in [1.29, 1.82) is 0 Å². The normalized spacial score (nSPS) is 16.3. The average molecular weight is 574 g/mol. The number of carbonyl (C=O) groups excluding carboxylic acids is 3. The first-order valence-corrected chi connectivity index (χ1v) is 15.9. The second-order valence-corrected chi connectivity index (χ2v) is 12.6. The number of hydrogen-bond donors (Lipinski definition) is 3. The van der Waals surface area contributed by atoms with E-state index in [1.165, 1.54) is 6.42 Å². The number of alkyl carbamates (subject to hydrolysis) is 1. The van der Waals surface area contributed by atoms with Crippen LogP contribution in [0.2, 0.25) is 0 Å². The van der Waals surface area contributed by atoms with Crippen molar-refractivity contribution in [2.45, 2.75) is 142 Å². The number of phenols is 1. The van der Waals surface area contributed by atoms with Gasteiger partial charge >= 0.3 is 6.09 Å². The largest absolute Gasteiger partial charge is 0.508 e. The zero-order chi connectivity index (χ0) is 30.4. The van der Waals surface area contributed by atoms with Gasteiger partial charge in [0.1, 0.15) is 23.4 Å². The van der Waals surface area contributed by atoms with Gasteiger partial charge in [0.05, 0.1) is 0 Å². The number of nitrogens with zero attached hydrogens (tertiary/aromatic N) is 1. The van der Waals surface area contributed by atoms with Gasteiger partial charge in [-0.15, -0.1) is 0 Å². The van der Waals surface area contributed by atoms with Crippen LogP contribution in [-0.2, 0) is 14.3 Å². The smallest absolute Gasteiger partial charge is 0.408 e. The molecule has 41 heavy (non-hydrogen) atoms. The summed E-state index contributed by atoms with van der Waals surface area (Å²) in [5, 5.41) is 16.4. The lowest BCUT2D eigenvalue weighted by atomic mass is 9.93. The van der Waals surface area contributed by atoms with E-state index in [4.69, 9.17) is 4.74 Å². The summed E-state index contributed by atoms with van der Waals surface area (Å²) in [5.74, 6) is -0.712. The summed E-state index contributed by atoms with van der Waals surface area (Å²) in [6, 6.07) is 4.87. The lowest BCUT2D eigenvalue weighted by Gasteiger charge is -2.37. The molecule has 1 aromatic rings. The van der Waals surface area contributed by atoms with E-state index < -0.39 is 23.8 Å². The number of rotatable bonds is 15. The first-order valence-electron chi connectivity index (χ1n) is 15.9. The van der Waals surface area contributed by atoms with Gasteiger partial charge in [-0.3, -0.25) is 9.59 Å². The SMILES string of the molecule is CCCCCCCCN(C(=O)C(NC(=O)OC(C)(C)C)C(C)CC)C(C(=O)NC1CCCCC1)c1cccc(O)c1. The maximum atomic E-state index is 14.4. The Bertz CT molecular complexity index is 954. The van der Waals surface area contributed by atoms with Crippen LogP contribution in [0, 0.1) is 5.92 Å². The van der Waals surface area contributed by atoms with Gasteiger partial charge in [-0.05, 0) is 63.6 Å². The highest BCUT2D eigenvalue weighted by Crippen LogP contribution is 2.29. The van der Waals surface area contributed by atoms with Crippen LogP contribution in [-0.4, -0.2) is 52.1 Å². The van der Waals surface area contributed by atoms with Crippen LogP contribution in [0.25, 0.3) is 0 Å². The lowest BCUT2D eigenvalue weighted by Crippen LogP contribution is -2.56. The molecule has 0 spiro atoms. The van der Waals surface area contributed by atoms with Gasteiger partial charge in [-0.25, -0.2) is 4.79 Å². The van der Waals surface area contributed by atoms with Crippen LogP contribution in [0.15, 0.2) is 24.3 Å². The zero-order valence-electron chi connectivity index (χ0n) is 26.3. The number of amides is 3. The minimum atomic E-state index is -0.931. The highest BCUT2D eigenvalue weighted by molar-refractivity contribution is 5.92. The van der Waals surface area contributed by atoms with Gasteiger partial charge in [0.15, 0.2) is 0 Å². The van der Waals surface area contributed by atoms with Crippen LogP contribution in [0.4, 0.5) is 4.79 Å². The molecule has 0 aromatic heterocycles. The fourth-order valence-corrected chi connectivity index (χ4v) is 5.42. The molecule has 1 aromatic carbocycles. The Hall–Kier alpha value is -2.77. The number of aromatic hydroxyl groups is 1. The molecule has 0 bridgehead atoms. The Kier molecular flexibility index (Phi) is 14.5. The average Bonchev–Trinajstić information content (AvgIpc) is 2.91. The maximum Gasteiger partial charge on any atom is 0.408 e. The van der Waals surface area contributed by atoms with Gasteiger partial charge in [-0.1, -0.05) is 90.7 Å². The fraction of sp³-hybridized carbons (Fsp3) is 0.727. The Labute approximate surface area is 248 Å². The molecule has 232 valence electrons. The molecule has 0 aliphatic heterocycles. The van der Waals surface area contributed by atoms with Crippen LogP contribution in [0.5, 0.6) is 5.75 Å². The third kappa shape index (κ3) is 11.9. The Balaban J connectivity index is 2.45. The molecule has 0 saturated heterocycles. The molecule has 8 heteroatoms. The predicted molar refractivity (Wildman–Crippen MR) is 164 cm³/mol. The van der Waals surface area contributed by atoms with E-state index in [1.807, 2.05) is 13.8 Å². The number of ether oxygens (including phenoxy) is 1. The summed E-state index contributed by atoms with van der Waals surface area (Å²) in [5.41, 5.74) is -0.159. The molecule has 3 amide bonds. The molecule has 0 radical (unpaired) electrons. The summed E-state index contributed by atoms with van der Waals surface area (Å²) in [4.78, 5) is 42.9. The highest BCUT2D eigenvalue weighted by Gasteiger charge is 2.38. The molecule has 8 nitrogen and oxygen atoms in total. The molecule has 1 aliphatic carbocycles. The summed E-state index contributed by atoms with van der Waals surface area (Å²) in [6.07, 6.45) is 11.3. The van der Waals surface area contributed by atoms with E-state index in [-0.39, 0.29) is 29.5 Å². The van der Waals surface area contributed by atoms with Crippen LogP contribution in [0.1, 0.15) is 130 Å². The Morgan fingerprint density at radius 3 is 2.29 bits per heavy atom. The van der Waals surface area contributed by atoms with Crippen molar-refractivity contribution >= 4 is 17.9 Å². The monoisotopic (exact) mass is 573 g/mol. The number of nitrogens with one attached hydrogen (secondary N) is 2. The fourth-order valence-electron chi connectivity index (χ4n) is 5.42. The lowest BCUT2D eigenvalue weighted by molar-refractivity contribution is -0.144. The zero-order valence-corrected chi connectivity index (χ0v) is 26.3. The number of unbranched alkanes of at least 4 members (excludes halogenated alkanes) is 5. The quantitative estimate of drug-likeness (QED) is 0.196. The molecule has 1 saturated carbocycles. The van der Waals surface area contributed by atoms with Crippen LogP contribution in [0.3, 0.4) is 0 Å². The number of carbonyl (C=O) groups is 3. The van der Waals surface area contributed by atoms with E-state index in [1.54, 1.807) is 49.9 Å². The number of benzene rings is 1. The molecule has 0 heterocycles. The van der Waals surface area contributed by atoms with E-state index in [0.717, 1.165) is 64.2 Å². The molecule has 3 unspecified atom stereocenters. The Morgan fingerprint density at radius 2 is 1.68 bits per heavy atom. The topological polar surface area (TPSA) is 108 Å². The number of hydrogen-bond acceptors (Lipinski definition) is 5. The standard InChI is InChI=1S/C33H55N3O5/c1-7-9-10-11-12-16-22-36(31(39)28(24(3)8-2)35-32(40)41-33(4,5)6)29(25-18-17-21-27(37)23-25)30(38)34-26-19-14-13-15-20-26/h17-18,21,23-24,26,28-29,37H,7-16,19-20,22H2,1-6H3,(H,34,38)(H,35,40). The van der Waals surface area contributed by atoms with Gasteiger partial charge in [0.25, 0.3) is 0 Å². The summed E-state index contributed by atoms with van der Waals surface area (Å²) >= 11 is 0.